The molecule has 0 aliphatic heterocycles. The number of nitrogens with zero attached hydrogens (tertiary/aromatic N) is 1. The molecule has 4 heteroatoms. The maximum absolute atomic E-state index is 10.9. The molecule has 0 fully saturated rings. The van der Waals surface area contributed by atoms with E-state index in [1.165, 1.54) is 17.7 Å². The Morgan fingerprint density at radius 1 is 0.792 bits per heavy atom. The third-order valence-electron chi connectivity index (χ3n) is 3.65. The third-order valence-corrected chi connectivity index (χ3v) is 3.97. The molecular weight excluding hydrogens is 322 g/mol. The van der Waals surface area contributed by atoms with E-state index in [9.17, 15) is 10.1 Å². The lowest BCUT2D eigenvalue weighted by Gasteiger charge is -2.02. The highest BCUT2D eigenvalue weighted by atomic mass is 35.5. The van der Waals surface area contributed by atoms with Crippen molar-refractivity contribution in [3.63, 3.8) is 0 Å². The number of benzene rings is 3. The molecule has 0 aliphatic rings. The molecule has 0 N–H and O–H groups in total. The zero-order chi connectivity index (χ0) is 16.9. The molecule has 0 saturated carbocycles. The number of rotatable bonds is 4. The molecular formula is C20H14ClNO2. The van der Waals surface area contributed by atoms with Crippen molar-refractivity contribution in [2.45, 2.75) is 0 Å². The van der Waals surface area contributed by atoms with E-state index in [0.717, 1.165) is 16.7 Å². The van der Waals surface area contributed by atoms with Gasteiger partial charge in [0.05, 0.1) is 4.92 Å². The van der Waals surface area contributed by atoms with Gasteiger partial charge < -0.3 is 0 Å². The molecule has 3 aromatic rings. The van der Waals surface area contributed by atoms with Crippen LogP contribution in [0.3, 0.4) is 0 Å². The minimum absolute atomic E-state index is 0.0850. The Morgan fingerprint density at radius 2 is 1.38 bits per heavy atom. The SMILES string of the molecule is O=[N+]([O-])c1cc(/C=C/c2ccc(-c3ccccc3)cc2)ccc1Cl. The molecule has 0 heterocycles. The third kappa shape index (κ3) is 3.70. The van der Waals surface area contributed by atoms with Crippen LogP contribution in [-0.4, -0.2) is 4.92 Å². The molecule has 118 valence electrons. The highest BCUT2D eigenvalue weighted by molar-refractivity contribution is 6.32. The van der Waals surface area contributed by atoms with Crippen molar-refractivity contribution in [2.75, 3.05) is 0 Å². The first-order valence-electron chi connectivity index (χ1n) is 7.41. The minimum atomic E-state index is -0.478. The monoisotopic (exact) mass is 335 g/mol. The molecule has 0 radical (unpaired) electrons. The van der Waals surface area contributed by atoms with Gasteiger partial charge in [-0.25, -0.2) is 0 Å². The van der Waals surface area contributed by atoms with Crippen LogP contribution in [-0.2, 0) is 0 Å². The van der Waals surface area contributed by atoms with E-state index in [2.05, 4.69) is 24.3 Å². The standard InChI is InChI=1S/C20H14ClNO2/c21-19-13-10-16(14-20(19)22(23)24)7-6-15-8-11-18(12-9-15)17-4-2-1-3-5-17/h1-14H/b7-6+. The summed E-state index contributed by atoms with van der Waals surface area (Å²) in [7, 11) is 0. The summed E-state index contributed by atoms with van der Waals surface area (Å²) in [6.07, 6.45) is 3.75. The summed E-state index contributed by atoms with van der Waals surface area (Å²) >= 11 is 5.82. The first kappa shape index (κ1) is 16.0. The summed E-state index contributed by atoms with van der Waals surface area (Å²) in [5.74, 6) is 0. The van der Waals surface area contributed by atoms with Crippen LogP contribution in [0.1, 0.15) is 11.1 Å². The van der Waals surface area contributed by atoms with Crippen LogP contribution in [0.15, 0.2) is 72.8 Å². The summed E-state index contributed by atoms with van der Waals surface area (Å²) < 4.78 is 0. The lowest BCUT2D eigenvalue weighted by atomic mass is 10.0. The Labute approximate surface area is 145 Å². The summed E-state index contributed by atoms with van der Waals surface area (Å²) in [5.41, 5.74) is 3.99. The molecule has 0 saturated heterocycles. The van der Waals surface area contributed by atoms with Gasteiger partial charge >= 0.3 is 0 Å². The van der Waals surface area contributed by atoms with E-state index >= 15 is 0 Å². The molecule has 0 bridgehead atoms. The number of nitro benzene ring substituents is 1. The number of hydrogen-bond acceptors (Lipinski definition) is 2. The molecule has 3 nitrogen and oxygen atoms in total. The van der Waals surface area contributed by atoms with Crippen molar-refractivity contribution in [3.05, 3.63) is 99.1 Å². The Morgan fingerprint density at radius 3 is 2.04 bits per heavy atom. The van der Waals surface area contributed by atoms with Gasteiger partial charge in [-0.2, -0.15) is 0 Å². The van der Waals surface area contributed by atoms with Crippen LogP contribution in [0.2, 0.25) is 5.02 Å². The van der Waals surface area contributed by atoms with Gasteiger partial charge in [0.25, 0.3) is 5.69 Å². The average molecular weight is 336 g/mol. The van der Waals surface area contributed by atoms with Crippen molar-refractivity contribution in [1.29, 1.82) is 0 Å². The molecule has 0 amide bonds. The predicted molar refractivity (Wildman–Crippen MR) is 98.9 cm³/mol. The van der Waals surface area contributed by atoms with Crippen molar-refractivity contribution < 1.29 is 4.92 Å². The maximum Gasteiger partial charge on any atom is 0.288 e. The minimum Gasteiger partial charge on any atom is -0.258 e. The summed E-state index contributed by atoms with van der Waals surface area (Å²) in [6, 6.07) is 23.1. The number of halogens is 1. The van der Waals surface area contributed by atoms with Crippen LogP contribution in [0, 0.1) is 10.1 Å². The van der Waals surface area contributed by atoms with E-state index in [1.807, 2.05) is 42.5 Å². The van der Waals surface area contributed by atoms with Gasteiger partial charge in [0, 0.05) is 6.07 Å². The van der Waals surface area contributed by atoms with Crippen molar-refractivity contribution in [2.24, 2.45) is 0 Å². The molecule has 0 spiro atoms. The molecule has 24 heavy (non-hydrogen) atoms. The van der Waals surface area contributed by atoms with Gasteiger partial charge in [-0.1, -0.05) is 84.4 Å². The predicted octanol–water partition coefficient (Wildman–Crippen LogP) is 6.09. The zero-order valence-corrected chi connectivity index (χ0v) is 13.5. The molecule has 0 unspecified atom stereocenters. The van der Waals surface area contributed by atoms with Crippen molar-refractivity contribution in [3.8, 4) is 11.1 Å². The van der Waals surface area contributed by atoms with E-state index in [-0.39, 0.29) is 10.7 Å². The Balaban J connectivity index is 1.80. The topological polar surface area (TPSA) is 43.1 Å². The van der Waals surface area contributed by atoms with E-state index < -0.39 is 4.92 Å². The molecule has 0 atom stereocenters. The quantitative estimate of drug-likeness (QED) is 0.329. The second kappa shape index (κ2) is 7.11. The fourth-order valence-corrected chi connectivity index (χ4v) is 2.57. The Bertz CT molecular complexity index is 887. The van der Waals surface area contributed by atoms with E-state index in [4.69, 9.17) is 11.6 Å². The maximum atomic E-state index is 10.9. The van der Waals surface area contributed by atoms with E-state index in [0.29, 0.717) is 0 Å². The van der Waals surface area contributed by atoms with Gasteiger partial charge in [0.15, 0.2) is 0 Å². The lowest BCUT2D eigenvalue weighted by molar-refractivity contribution is -0.384. The second-order valence-electron chi connectivity index (χ2n) is 5.29. The fraction of sp³-hybridized carbons (Fsp3) is 0. The average Bonchev–Trinajstić information content (AvgIpc) is 2.62. The summed E-state index contributed by atoms with van der Waals surface area (Å²) in [6.45, 7) is 0. The van der Waals surface area contributed by atoms with Gasteiger partial charge in [-0.15, -0.1) is 0 Å². The highest BCUT2D eigenvalue weighted by Crippen LogP contribution is 2.26. The first-order valence-corrected chi connectivity index (χ1v) is 7.79. The van der Waals surface area contributed by atoms with E-state index in [1.54, 1.807) is 6.07 Å². The summed E-state index contributed by atoms with van der Waals surface area (Å²) in [4.78, 5) is 10.4. The number of hydrogen-bond donors (Lipinski definition) is 0. The van der Waals surface area contributed by atoms with Crippen molar-refractivity contribution in [1.82, 2.24) is 0 Å². The van der Waals surface area contributed by atoms with Crippen molar-refractivity contribution >= 4 is 29.4 Å². The number of nitro groups is 1. The molecule has 0 aromatic heterocycles. The largest absolute Gasteiger partial charge is 0.288 e. The normalized spacial score (nSPS) is 10.9. The summed E-state index contributed by atoms with van der Waals surface area (Å²) in [5, 5.41) is 11.1. The molecule has 3 aromatic carbocycles. The van der Waals surface area contributed by atoms with Crippen LogP contribution in [0.4, 0.5) is 5.69 Å². The molecule has 3 rings (SSSR count). The molecule has 0 aliphatic carbocycles. The fourth-order valence-electron chi connectivity index (χ4n) is 2.38. The van der Waals surface area contributed by atoms with Gasteiger partial charge in [0.2, 0.25) is 0 Å². The van der Waals surface area contributed by atoms with Gasteiger partial charge in [-0.05, 0) is 28.3 Å². The van der Waals surface area contributed by atoms with Crippen LogP contribution >= 0.6 is 11.6 Å². The van der Waals surface area contributed by atoms with Crippen LogP contribution in [0.5, 0.6) is 0 Å². The Kier molecular flexibility index (Phi) is 4.73. The Hall–Kier alpha value is -2.91. The smallest absolute Gasteiger partial charge is 0.258 e. The highest BCUT2D eigenvalue weighted by Gasteiger charge is 2.11. The van der Waals surface area contributed by atoms with Crippen LogP contribution in [0.25, 0.3) is 23.3 Å². The van der Waals surface area contributed by atoms with Gasteiger partial charge in [-0.3, -0.25) is 10.1 Å². The van der Waals surface area contributed by atoms with Gasteiger partial charge in [0.1, 0.15) is 5.02 Å². The van der Waals surface area contributed by atoms with Crippen LogP contribution < -0.4 is 0 Å². The first-order chi connectivity index (χ1) is 11.6. The second-order valence-corrected chi connectivity index (χ2v) is 5.70. The zero-order valence-electron chi connectivity index (χ0n) is 12.7. The lowest BCUT2D eigenvalue weighted by Crippen LogP contribution is -1.89.